The lowest BCUT2D eigenvalue weighted by atomic mass is 9.75. The lowest BCUT2D eigenvalue weighted by Gasteiger charge is -2.38. The van der Waals surface area contributed by atoms with Crippen LogP contribution in [0.4, 0.5) is 10.2 Å². The fraction of sp³-hybridized carbons (Fsp3) is 0.368. The van der Waals surface area contributed by atoms with Crippen LogP contribution in [-0.4, -0.2) is 36.3 Å². The van der Waals surface area contributed by atoms with E-state index < -0.39 is 11.9 Å². The van der Waals surface area contributed by atoms with E-state index in [2.05, 4.69) is 15.6 Å². The summed E-state index contributed by atoms with van der Waals surface area (Å²) in [5, 5.41) is 15.5. The number of aliphatic hydroxyl groups excluding tert-OH is 1. The SMILES string of the molecule is CNc1cc(C(=O)NC(c2ccc(OC)c(F)c2)C2CC(O)C2)ccn1. The summed E-state index contributed by atoms with van der Waals surface area (Å²) in [6.07, 6.45) is 2.31. The van der Waals surface area contributed by atoms with E-state index in [4.69, 9.17) is 4.74 Å². The normalized spacial score (nSPS) is 20.0. The van der Waals surface area contributed by atoms with Crippen molar-refractivity contribution < 1.29 is 19.0 Å². The minimum absolute atomic E-state index is 0.0485. The maximum Gasteiger partial charge on any atom is 0.251 e. The van der Waals surface area contributed by atoms with Crippen molar-refractivity contribution >= 4 is 11.7 Å². The largest absolute Gasteiger partial charge is 0.494 e. The Labute approximate surface area is 151 Å². The van der Waals surface area contributed by atoms with Gasteiger partial charge in [0.2, 0.25) is 0 Å². The fourth-order valence-electron chi connectivity index (χ4n) is 3.18. The van der Waals surface area contributed by atoms with Gasteiger partial charge in [0.15, 0.2) is 11.6 Å². The summed E-state index contributed by atoms with van der Waals surface area (Å²) in [5.41, 5.74) is 1.11. The number of halogens is 1. The van der Waals surface area contributed by atoms with Crippen LogP contribution in [0, 0.1) is 11.7 Å². The second-order valence-corrected chi connectivity index (χ2v) is 6.41. The molecule has 0 spiro atoms. The number of aromatic nitrogens is 1. The Bertz CT molecular complexity index is 793. The van der Waals surface area contributed by atoms with Crippen molar-refractivity contribution in [2.45, 2.75) is 25.0 Å². The molecule has 1 aliphatic carbocycles. The number of hydrogen-bond acceptors (Lipinski definition) is 5. The summed E-state index contributed by atoms with van der Waals surface area (Å²) in [6, 6.07) is 7.54. The van der Waals surface area contributed by atoms with E-state index >= 15 is 0 Å². The van der Waals surface area contributed by atoms with E-state index in [0.29, 0.717) is 29.8 Å². The van der Waals surface area contributed by atoms with Crippen LogP contribution >= 0.6 is 0 Å². The molecule has 1 saturated carbocycles. The highest BCUT2D eigenvalue weighted by Gasteiger charge is 2.36. The Kier molecular flexibility index (Phi) is 5.37. The van der Waals surface area contributed by atoms with Crippen LogP contribution in [0.1, 0.15) is 34.8 Å². The lowest BCUT2D eigenvalue weighted by Crippen LogP contribution is -2.41. The minimum Gasteiger partial charge on any atom is -0.494 e. The summed E-state index contributed by atoms with van der Waals surface area (Å²) >= 11 is 0. The standard InChI is InChI=1S/C19H22FN3O3/c1-21-17-10-12(5-6-22-17)19(25)23-18(13-7-14(24)8-13)11-3-4-16(26-2)15(20)9-11/h3-6,9-10,13-14,18,24H,7-8H2,1-2H3,(H,21,22)(H,23,25). The zero-order chi connectivity index (χ0) is 18.7. The number of nitrogens with zero attached hydrogens (tertiary/aromatic N) is 1. The molecule has 26 heavy (non-hydrogen) atoms. The van der Waals surface area contributed by atoms with Gasteiger partial charge in [0.1, 0.15) is 5.82 Å². The third-order valence-corrected chi connectivity index (χ3v) is 4.72. The monoisotopic (exact) mass is 359 g/mol. The molecular weight excluding hydrogens is 337 g/mol. The maximum absolute atomic E-state index is 14.1. The number of nitrogens with one attached hydrogen (secondary N) is 2. The first-order valence-corrected chi connectivity index (χ1v) is 8.48. The van der Waals surface area contributed by atoms with Crippen LogP contribution in [0.3, 0.4) is 0 Å². The predicted octanol–water partition coefficient (Wildman–Crippen LogP) is 2.51. The number of benzene rings is 1. The molecular formula is C19H22FN3O3. The molecule has 6 nitrogen and oxygen atoms in total. The molecule has 1 amide bonds. The first-order chi connectivity index (χ1) is 12.5. The average Bonchev–Trinajstić information content (AvgIpc) is 2.63. The van der Waals surface area contributed by atoms with E-state index in [1.165, 1.54) is 13.2 Å². The molecule has 0 bridgehead atoms. The summed E-state index contributed by atoms with van der Waals surface area (Å²) < 4.78 is 19.1. The molecule has 2 aromatic rings. The maximum atomic E-state index is 14.1. The van der Waals surface area contributed by atoms with Gasteiger partial charge in [-0.1, -0.05) is 6.07 Å². The molecule has 0 saturated heterocycles. The molecule has 1 aliphatic rings. The van der Waals surface area contributed by atoms with Gasteiger partial charge in [0.05, 0.1) is 19.3 Å². The van der Waals surface area contributed by atoms with Crippen LogP contribution in [0.5, 0.6) is 5.75 Å². The highest BCUT2D eigenvalue weighted by Crippen LogP contribution is 2.39. The van der Waals surface area contributed by atoms with Gasteiger partial charge in [-0.05, 0) is 48.6 Å². The highest BCUT2D eigenvalue weighted by atomic mass is 19.1. The number of amides is 1. The summed E-state index contributed by atoms with van der Waals surface area (Å²) in [4.78, 5) is 16.8. The Balaban J connectivity index is 1.84. The molecule has 1 aromatic carbocycles. The Morgan fingerprint density at radius 1 is 1.35 bits per heavy atom. The van der Waals surface area contributed by atoms with Crippen molar-refractivity contribution in [1.82, 2.24) is 10.3 Å². The van der Waals surface area contributed by atoms with Gasteiger partial charge in [0, 0.05) is 18.8 Å². The second-order valence-electron chi connectivity index (χ2n) is 6.41. The van der Waals surface area contributed by atoms with Gasteiger partial charge in [-0.2, -0.15) is 0 Å². The van der Waals surface area contributed by atoms with Crippen LogP contribution in [0.25, 0.3) is 0 Å². The third kappa shape index (κ3) is 3.77. The van der Waals surface area contributed by atoms with Crippen molar-refractivity contribution in [3.05, 3.63) is 53.5 Å². The highest BCUT2D eigenvalue weighted by molar-refractivity contribution is 5.95. The number of anilines is 1. The van der Waals surface area contributed by atoms with Gasteiger partial charge < -0.3 is 20.5 Å². The number of pyridine rings is 1. The number of aliphatic hydroxyl groups is 1. The topological polar surface area (TPSA) is 83.5 Å². The zero-order valence-electron chi connectivity index (χ0n) is 14.7. The van der Waals surface area contributed by atoms with E-state index in [-0.39, 0.29) is 23.7 Å². The number of ether oxygens (including phenoxy) is 1. The Morgan fingerprint density at radius 2 is 2.12 bits per heavy atom. The number of hydrogen-bond donors (Lipinski definition) is 3. The first kappa shape index (κ1) is 18.1. The third-order valence-electron chi connectivity index (χ3n) is 4.72. The van der Waals surface area contributed by atoms with E-state index in [9.17, 15) is 14.3 Å². The predicted molar refractivity (Wildman–Crippen MR) is 95.7 cm³/mol. The molecule has 1 atom stereocenters. The van der Waals surface area contributed by atoms with E-state index in [0.717, 1.165) is 0 Å². The number of rotatable bonds is 6. The summed E-state index contributed by atoms with van der Waals surface area (Å²) in [5.74, 6) is 0.0356. The number of methoxy groups -OCH3 is 1. The molecule has 1 unspecified atom stereocenters. The van der Waals surface area contributed by atoms with Crippen LogP contribution < -0.4 is 15.4 Å². The Morgan fingerprint density at radius 3 is 2.73 bits per heavy atom. The molecule has 1 aromatic heterocycles. The van der Waals surface area contributed by atoms with Crippen molar-refractivity contribution in [2.24, 2.45) is 5.92 Å². The second kappa shape index (κ2) is 7.70. The van der Waals surface area contributed by atoms with Crippen LogP contribution in [0.15, 0.2) is 36.5 Å². The molecule has 3 N–H and O–H groups in total. The van der Waals surface area contributed by atoms with Crippen molar-refractivity contribution in [1.29, 1.82) is 0 Å². The van der Waals surface area contributed by atoms with E-state index in [1.807, 2.05) is 0 Å². The van der Waals surface area contributed by atoms with Gasteiger partial charge in [-0.3, -0.25) is 4.79 Å². The summed E-state index contributed by atoms with van der Waals surface area (Å²) in [6.45, 7) is 0. The molecule has 1 heterocycles. The van der Waals surface area contributed by atoms with Gasteiger partial charge in [0.25, 0.3) is 5.91 Å². The van der Waals surface area contributed by atoms with E-state index in [1.54, 1.807) is 37.5 Å². The molecule has 1 fully saturated rings. The Hall–Kier alpha value is -2.67. The van der Waals surface area contributed by atoms with Crippen LogP contribution in [-0.2, 0) is 0 Å². The first-order valence-electron chi connectivity index (χ1n) is 8.48. The summed E-state index contributed by atoms with van der Waals surface area (Å²) in [7, 11) is 3.13. The van der Waals surface area contributed by atoms with Crippen LogP contribution in [0.2, 0.25) is 0 Å². The van der Waals surface area contributed by atoms with Gasteiger partial charge in [-0.25, -0.2) is 9.37 Å². The number of carbonyl (C=O) groups is 1. The van der Waals surface area contributed by atoms with Gasteiger partial charge >= 0.3 is 0 Å². The molecule has 0 aliphatic heterocycles. The number of carbonyl (C=O) groups excluding carboxylic acids is 1. The lowest BCUT2D eigenvalue weighted by molar-refractivity contribution is 0.0235. The fourth-order valence-corrected chi connectivity index (χ4v) is 3.18. The molecule has 138 valence electrons. The molecule has 3 rings (SSSR count). The van der Waals surface area contributed by atoms with Crippen molar-refractivity contribution in [3.8, 4) is 5.75 Å². The molecule has 7 heteroatoms. The molecule has 0 radical (unpaired) electrons. The quantitative estimate of drug-likeness (QED) is 0.738. The van der Waals surface area contributed by atoms with Gasteiger partial charge in [-0.15, -0.1) is 0 Å². The zero-order valence-corrected chi connectivity index (χ0v) is 14.7. The smallest absolute Gasteiger partial charge is 0.251 e. The van der Waals surface area contributed by atoms with Crippen molar-refractivity contribution in [2.75, 3.05) is 19.5 Å². The average molecular weight is 359 g/mol. The van der Waals surface area contributed by atoms with Crippen molar-refractivity contribution in [3.63, 3.8) is 0 Å². The minimum atomic E-state index is -0.481.